The van der Waals surface area contributed by atoms with Crippen LogP contribution < -0.4 is 4.90 Å². The van der Waals surface area contributed by atoms with Crippen LogP contribution in [-0.4, -0.2) is 47.0 Å². The summed E-state index contributed by atoms with van der Waals surface area (Å²) in [5.74, 6) is -0.540. The van der Waals surface area contributed by atoms with Gasteiger partial charge in [0.05, 0.1) is 17.7 Å². The van der Waals surface area contributed by atoms with Crippen LogP contribution in [0.1, 0.15) is 16.8 Å². The molecule has 144 valence electrons. The number of nitrogens with zero attached hydrogens (tertiary/aromatic N) is 4. The van der Waals surface area contributed by atoms with Crippen LogP contribution in [0, 0.1) is 12.7 Å². The molecule has 1 aromatic carbocycles. The quantitative estimate of drug-likeness (QED) is 0.766. The normalized spacial score (nSPS) is 15.1. The number of hydrogen-bond donors (Lipinski definition) is 0. The SMILES string of the molecule is Cc1ncnc(N2CCN(C(=O)Cc3cccc(C(F)(F)F)c3)CC2)c1F. The third kappa shape index (κ3) is 4.35. The monoisotopic (exact) mass is 382 g/mol. The van der Waals surface area contributed by atoms with Crippen LogP contribution >= 0.6 is 0 Å². The van der Waals surface area contributed by atoms with E-state index in [-0.39, 0.29) is 23.8 Å². The average molecular weight is 382 g/mol. The van der Waals surface area contributed by atoms with Gasteiger partial charge < -0.3 is 9.80 Å². The lowest BCUT2D eigenvalue weighted by molar-refractivity contribution is -0.138. The lowest BCUT2D eigenvalue weighted by atomic mass is 10.1. The van der Waals surface area contributed by atoms with Gasteiger partial charge in [-0.15, -0.1) is 0 Å². The fourth-order valence-electron chi connectivity index (χ4n) is 2.98. The maximum Gasteiger partial charge on any atom is 0.416 e. The number of alkyl halides is 3. The standard InChI is InChI=1S/C18H18F4N4O/c1-12-16(19)17(24-11-23-12)26-7-5-25(6-8-26)15(27)10-13-3-2-4-14(9-13)18(20,21)22/h2-4,9,11H,5-8,10H2,1H3. The highest BCUT2D eigenvalue weighted by atomic mass is 19.4. The molecule has 2 heterocycles. The molecule has 5 nitrogen and oxygen atoms in total. The molecule has 9 heteroatoms. The molecular weight excluding hydrogens is 364 g/mol. The Bertz CT molecular complexity index is 832. The first-order valence-corrected chi connectivity index (χ1v) is 8.41. The Morgan fingerprint density at radius 1 is 1.15 bits per heavy atom. The molecule has 0 unspecified atom stereocenters. The van der Waals surface area contributed by atoms with Crippen molar-refractivity contribution in [3.63, 3.8) is 0 Å². The van der Waals surface area contributed by atoms with Gasteiger partial charge >= 0.3 is 6.18 Å². The van der Waals surface area contributed by atoms with Crippen molar-refractivity contribution in [1.82, 2.24) is 14.9 Å². The summed E-state index contributed by atoms with van der Waals surface area (Å²) in [6, 6.07) is 4.77. The van der Waals surface area contributed by atoms with Gasteiger partial charge in [-0.2, -0.15) is 13.2 Å². The number of amides is 1. The van der Waals surface area contributed by atoms with Crippen molar-refractivity contribution < 1.29 is 22.4 Å². The number of anilines is 1. The minimum Gasteiger partial charge on any atom is -0.351 e. The molecule has 0 radical (unpaired) electrons. The Hall–Kier alpha value is -2.71. The van der Waals surface area contributed by atoms with Crippen molar-refractivity contribution >= 4 is 11.7 Å². The van der Waals surface area contributed by atoms with E-state index in [4.69, 9.17) is 0 Å². The summed E-state index contributed by atoms with van der Waals surface area (Å²) in [7, 11) is 0. The maximum atomic E-state index is 14.1. The second-order valence-electron chi connectivity index (χ2n) is 6.34. The van der Waals surface area contributed by atoms with Crippen LogP contribution in [0.3, 0.4) is 0 Å². The topological polar surface area (TPSA) is 49.3 Å². The van der Waals surface area contributed by atoms with E-state index in [9.17, 15) is 22.4 Å². The molecule has 1 saturated heterocycles. The molecule has 1 aliphatic rings. The molecule has 0 aliphatic carbocycles. The highest BCUT2D eigenvalue weighted by Gasteiger charge is 2.31. The number of halogens is 4. The van der Waals surface area contributed by atoms with Crippen molar-refractivity contribution in [3.8, 4) is 0 Å². The van der Waals surface area contributed by atoms with Crippen LogP contribution in [-0.2, 0) is 17.4 Å². The number of carbonyl (C=O) groups excluding carboxylic acids is 1. The molecule has 1 aliphatic heterocycles. The van der Waals surface area contributed by atoms with E-state index in [0.717, 1.165) is 12.1 Å². The molecule has 0 bridgehead atoms. The predicted octanol–water partition coefficient (Wildman–Crippen LogP) is 2.83. The predicted molar refractivity (Wildman–Crippen MR) is 90.7 cm³/mol. The minimum atomic E-state index is -4.44. The summed E-state index contributed by atoms with van der Waals surface area (Å²) in [5, 5.41) is 0. The van der Waals surface area contributed by atoms with Gasteiger partial charge in [0.25, 0.3) is 0 Å². The lowest BCUT2D eigenvalue weighted by Gasteiger charge is -2.35. The first-order valence-electron chi connectivity index (χ1n) is 8.41. The van der Waals surface area contributed by atoms with E-state index < -0.39 is 17.6 Å². The van der Waals surface area contributed by atoms with Gasteiger partial charge in [-0.3, -0.25) is 4.79 Å². The van der Waals surface area contributed by atoms with Crippen molar-refractivity contribution in [3.05, 3.63) is 53.2 Å². The lowest BCUT2D eigenvalue weighted by Crippen LogP contribution is -2.49. The van der Waals surface area contributed by atoms with E-state index >= 15 is 0 Å². The van der Waals surface area contributed by atoms with Crippen LogP contribution in [0.5, 0.6) is 0 Å². The highest BCUT2D eigenvalue weighted by Crippen LogP contribution is 2.29. The molecule has 0 saturated carbocycles. The summed E-state index contributed by atoms with van der Waals surface area (Å²) >= 11 is 0. The molecule has 3 rings (SSSR count). The number of carbonyl (C=O) groups is 1. The van der Waals surface area contributed by atoms with Gasteiger partial charge in [-0.1, -0.05) is 18.2 Å². The number of benzene rings is 1. The summed E-state index contributed by atoms with van der Waals surface area (Å²) in [4.78, 5) is 23.5. The van der Waals surface area contributed by atoms with Crippen molar-refractivity contribution in [2.75, 3.05) is 31.1 Å². The first-order chi connectivity index (χ1) is 12.8. The zero-order valence-electron chi connectivity index (χ0n) is 14.6. The Balaban J connectivity index is 1.61. The van der Waals surface area contributed by atoms with Crippen LogP contribution in [0.15, 0.2) is 30.6 Å². The molecular formula is C18H18F4N4O. The van der Waals surface area contributed by atoms with E-state index in [0.29, 0.717) is 31.7 Å². The van der Waals surface area contributed by atoms with Gasteiger partial charge in [0.15, 0.2) is 11.6 Å². The number of piperazine rings is 1. The largest absolute Gasteiger partial charge is 0.416 e. The summed E-state index contributed by atoms with van der Waals surface area (Å²) in [5.41, 5.74) is -0.204. The molecule has 0 N–H and O–H groups in total. The second kappa shape index (κ2) is 7.50. The Labute approximate surface area is 153 Å². The third-order valence-electron chi connectivity index (χ3n) is 4.49. The zero-order valence-corrected chi connectivity index (χ0v) is 14.6. The summed E-state index contributed by atoms with van der Waals surface area (Å²) < 4.78 is 52.5. The molecule has 1 aromatic heterocycles. The van der Waals surface area contributed by atoms with Gasteiger partial charge in [-0.05, 0) is 18.6 Å². The fourth-order valence-corrected chi connectivity index (χ4v) is 2.98. The van der Waals surface area contributed by atoms with E-state index in [1.165, 1.54) is 18.5 Å². The smallest absolute Gasteiger partial charge is 0.351 e. The minimum absolute atomic E-state index is 0.106. The number of rotatable bonds is 3. The first kappa shape index (κ1) is 19.1. The van der Waals surface area contributed by atoms with Crippen molar-refractivity contribution in [1.29, 1.82) is 0 Å². The molecule has 1 amide bonds. The second-order valence-corrected chi connectivity index (χ2v) is 6.34. The maximum absolute atomic E-state index is 14.1. The highest BCUT2D eigenvalue weighted by molar-refractivity contribution is 5.79. The molecule has 2 aromatic rings. The van der Waals surface area contributed by atoms with Gasteiger partial charge in [-0.25, -0.2) is 14.4 Å². The van der Waals surface area contributed by atoms with Gasteiger partial charge in [0, 0.05) is 26.2 Å². The third-order valence-corrected chi connectivity index (χ3v) is 4.49. The number of aryl methyl sites for hydroxylation is 1. The summed E-state index contributed by atoms with van der Waals surface area (Å²) in [6.45, 7) is 3.03. The molecule has 1 fully saturated rings. The number of hydrogen-bond acceptors (Lipinski definition) is 4. The van der Waals surface area contributed by atoms with Crippen molar-refractivity contribution in [2.24, 2.45) is 0 Å². The van der Waals surface area contributed by atoms with E-state index in [2.05, 4.69) is 9.97 Å². The average Bonchev–Trinajstić information content (AvgIpc) is 2.64. The number of aromatic nitrogens is 2. The molecule has 0 atom stereocenters. The fraction of sp³-hybridized carbons (Fsp3) is 0.389. The van der Waals surface area contributed by atoms with Crippen LogP contribution in [0.25, 0.3) is 0 Å². The Morgan fingerprint density at radius 2 is 1.85 bits per heavy atom. The zero-order chi connectivity index (χ0) is 19.6. The van der Waals surface area contributed by atoms with E-state index in [1.807, 2.05) is 0 Å². The molecule has 27 heavy (non-hydrogen) atoms. The molecule has 0 spiro atoms. The Kier molecular flexibility index (Phi) is 5.29. The Morgan fingerprint density at radius 3 is 2.52 bits per heavy atom. The van der Waals surface area contributed by atoms with Crippen molar-refractivity contribution in [2.45, 2.75) is 19.5 Å². The van der Waals surface area contributed by atoms with E-state index in [1.54, 1.807) is 16.7 Å². The van der Waals surface area contributed by atoms with Gasteiger partial charge in [0.2, 0.25) is 5.91 Å². The van der Waals surface area contributed by atoms with Gasteiger partial charge in [0.1, 0.15) is 6.33 Å². The van der Waals surface area contributed by atoms with Crippen LogP contribution in [0.2, 0.25) is 0 Å². The van der Waals surface area contributed by atoms with Crippen LogP contribution in [0.4, 0.5) is 23.4 Å². The summed E-state index contributed by atoms with van der Waals surface area (Å²) in [6.07, 6.45) is -3.26.